The lowest BCUT2D eigenvalue weighted by Gasteiger charge is -2.47. The van der Waals surface area contributed by atoms with Gasteiger partial charge in [-0.3, -0.25) is 4.90 Å². The van der Waals surface area contributed by atoms with Crippen LogP contribution in [0.15, 0.2) is 53.4 Å². The molecule has 0 radical (unpaired) electrons. The number of aromatic nitrogens is 2. The van der Waals surface area contributed by atoms with Crippen molar-refractivity contribution in [2.24, 2.45) is 5.92 Å². The zero-order valence-corrected chi connectivity index (χ0v) is 24.9. The SMILES string of the molecule is COC(=O)N1CC(N2Cc3cccc(c3)S(=O)(=O)Nc3nc(cc(-c4c(C)cccc4C)n3)OC[C@H]2CC(C)C)C1. The summed E-state index contributed by atoms with van der Waals surface area (Å²) >= 11 is 0. The third kappa shape index (κ3) is 6.31. The van der Waals surface area contributed by atoms with Crippen molar-refractivity contribution in [3.05, 3.63) is 65.2 Å². The minimum Gasteiger partial charge on any atom is -0.476 e. The van der Waals surface area contributed by atoms with Crippen LogP contribution in [0.2, 0.25) is 0 Å². The number of aryl methyl sites for hydroxylation is 2. The van der Waals surface area contributed by atoms with Gasteiger partial charge < -0.3 is 14.4 Å². The number of rotatable bonds is 4. The maximum absolute atomic E-state index is 13.5. The third-order valence-corrected chi connectivity index (χ3v) is 8.97. The molecule has 41 heavy (non-hydrogen) atoms. The van der Waals surface area contributed by atoms with Crippen LogP contribution < -0.4 is 9.46 Å². The van der Waals surface area contributed by atoms with Crippen LogP contribution in [0.3, 0.4) is 0 Å². The van der Waals surface area contributed by atoms with Gasteiger partial charge in [0, 0.05) is 43.3 Å². The highest BCUT2D eigenvalue weighted by Crippen LogP contribution is 2.31. The topological polar surface area (TPSA) is 114 Å². The Morgan fingerprint density at radius 3 is 2.49 bits per heavy atom. The Hall–Kier alpha value is -3.70. The molecule has 1 atom stereocenters. The van der Waals surface area contributed by atoms with E-state index < -0.39 is 10.0 Å². The molecule has 2 aliphatic rings. The van der Waals surface area contributed by atoms with Crippen LogP contribution in [0.25, 0.3) is 11.3 Å². The Morgan fingerprint density at radius 2 is 1.80 bits per heavy atom. The van der Waals surface area contributed by atoms with E-state index in [1.807, 2.05) is 38.1 Å². The molecule has 2 aliphatic heterocycles. The van der Waals surface area contributed by atoms with Gasteiger partial charge in [-0.2, -0.15) is 4.98 Å². The highest BCUT2D eigenvalue weighted by atomic mass is 32.2. The number of nitrogens with one attached hydrogen (secondary N) is 1. The van der Waals surface area contributed by atoms with Gasteiger partial charge >= 0.3 is 6.09 Å². The van der Waals surface area contributed by atoms with Crippen LogP contribution in [-0.4, -0.2) is 73.2 Å². The van der Waals surface area contributed by atoms with Gasteiger partial charge in [-0.1, -0.05) is 44.2 Å². The van der Waals surface area contributed by atoms with Crippen molar-refractivity contribution in [3.8, 4) is 17.1 Å². The molecule has 4 bridgehead atoms. The number of carbonyl (C=O) groups is 1. The highest BCUT2D eigenvalue weighted by Gasteiger charge is 2.39. The summed E-state index contributed by atoms with van der Waals surface area (Å²) in [6, 6.07) is 14.7. The molecule has 0 aliphatic carbocycles. The first-order chi connectivity index (χ1) is 19.5. The van der Waals surface area contributed by atoms with Crippen molar-refractivity contribution in [2.75, 3.05) is 31.5 Å². The summed E-state index contributed by atoms with van der Waals surface area (Å²) in [5.41, 5.74) is 4.36. The lowest BCUT2D eigenvalue weighted by Crippen LogP contribution is -2.63. The minimum absolute atomic E-state index is 0.0177. The number of hydrogen-bond donors (Lipinski definition) is 1. The smallest absolute Gasteiger partial charge is 0.409 e. The molecule has 10 nitrogen and oxygen atoms in total. The standard InChI is InChI=1S/C30H37N5O5S/c1-19(2)12-23-18-40-27-14-26(28-20(3)8-6-9-21(28)4)31-29(32-27)33-41(37,38)25-11-7-10-22(13-25)15-35(23)24-16-34(17-24)30(36)39-5/h6-11,13-14,19,23-24H,12,15-18H2,1-5H3,(H,31,32,33)/t23-/m1/s1. The summed E-state index contributed by atoms with van der Waals surface area (Å²) in [6.07, 6.45) is 0.489. The van der Waals surface area contributed by atoms with Gasteiger partial charge in [0.2, 0.25) is 11.8 Å². The summed E-state index contributed by atoms with van der Waals surface area (Å²) in [5.74, 6) is 0.618. The quantitative estimate of drug-likeness (QED) is 0.476. The van der Waals surface area contributed by atoms with Gasteiger partial charge in [-0.25, -0.2) is 22.9 Å². The normalized spacial score (nSPS) is 19.2. The van der Waals surface area contributed by atoms with E-state index in [2.05, 4.69) is 33.4 Å². The molecule has 1 aromatic heterocycles. The summed E-state index contributed by atoms with van der Waals surface area (Å²) < 4.78 is 40.8. The molecule has 218 valence electrons. The van der Waals surface area contributed by atoms with Gasteiger partial charge in [-0.05, 0) is 55.0 Å². The van der Waals surface area contributed by atoms with E-state index in [4.69, 9.17) is 9.47 Å². The number of hydrogen-bond acceptors (Lipinski definition) is 8. The average Bonchev–Trinajstić information content (AvgIpc) is 2.89. The number of likely N-dealkylation sites (tertiary alicyclic amines) is 1. The molecule has 3 heterocycles. The molecule has 1 saturated heterocycles. The summed E-state index contributed by atoms with van der Waals surface area (Å²) in [7, 11) is -2.60. The lowest BCUT2D eigenvalue weighted by atomic mass is 9.97. The molecule has 1 amide bonds. The number of sulfonamides is 1. The van der Waals surface area contributed by atoms with Crippen LogP contribution in [0.4, 0.5) is 10.7 Å². The maximum atomic E-state index is 13.5. The summed E-state index contributed by atoms with van der Waals surface area (Å²) in [6.45, 7) is 10.2. The third-order valence-electron chi connectivity index (χ3n) is 7.64. The molecule has 5 rings (SSSR count). The predicted octanol–water partition coefficient (Wildman–Crippen LogP) is 4.62. The van der Waals surface area contributed by atoms with E-state index in [1.165, 1.54) is 7.11 Å². The van der Waals surface area contributed by atoms with Crippen molar-refractivity contribution >= 4 is 22.1 Å². The Bertz CT molecular complexity index is 1520. The molecule has 3 aromatic rings. The second-order valence-corrected chi connectivity index (χ2v) is 12.9. The molecule has 0 unspecified atom stereocenters. The Balaban J connectivity index is 1.59. The Morgan fingerprint density at radius 1 is 1.10 bits per heavy atom. The van der Waals surface area contributed by atoms with E-state index in [9.17, 15) is 13.2 Å². The fraction of sp³-hybridized carbons (Fsp3) is 0.433. The van der Waals surface area contributed by atoms with Crippen LogP contribution >= 0.6 is 0 Å². The van der Waals surface area contributed by atoms with Gasteiger partial charge in [0.05, 0.1) is 17.7 Å². The first-order valence-electron chi connectivity index (χ1n) is 13.8. The number of amides is 1. The molecular weight excluding hydrogens is 542 g/mol. The van der Waals surface area contributed by atoms with Gasteiger partial charge in [-0.15, -0.1) is 0 Å². The number of benzene rings is 2. The predicted molar refractivity (Wildman–Crippen MR) is 156 cm³/mol. The van der Waals surface area contributed by atoms with Crippen LogP contribution in [-0.2, 0) is 21.3 Å². The molecule has 1 N–H and O–H groups in total. The number of carbonyl (C=O) groups excluding carboxylic acids is 1. The van der Waals surface area contributed by atoms with E-state index >= 15 is 0 Å². The lowest BCUT2D eigenvalue weighted by molar-refractivity contribution is -0.0122. The average molecular weight is 580 g/mol. The first kappa shape index (κ1) is 28.8. The zero-order chi connectivity index (χ0) is 29.3. The summed E-state index contributed by atoms with van der Waals surface area (Å²) in [5, 5.41) is 0. The highest BCUT2D eigenvalue weighted by molar-refractivity contribution is 7.92. The Kier molecular flexibility index (Phi) is 8.19. The maximum Gasteiger partial charge on any atom is 0.409 e. The van der Waals surface area contributed by atoms with Crippen LogP contribution in [0.1, 0.15) is 37.0 Å². The zero-order valence-electron chi connectivity index (χ0n) is 24.1. The van der Waals surface area contributed by atoms with Crippen LogP contribution in [0.5, 0.6) is 5.88 Å². The second kappa shape index (κ2) is 11.7. The molecule has 11 heteroatoms. The van der Waals surface area contributed by atoms with Crippen molar-refractivity contribution in [3.63, 3.8) is 0 Å². The molecule has 1 fully saturated rings. The van der Waals surface area contributed by atoms with Gasteiger partial charge in [0.1, 0.15) is 6.61 Å². The first-order valence-corrected chi connectivity index (χ1v) is 15.3. The van der Waals surface area contributed by atoms with E-state index in [0.717, 1.165) is 28.7 Å². The molecule has 0 saturated carbocycles. The van der Waals surface area contributed by atoms with Crippen molar-refractivity contribution in [1.82, 2.24) is 19.8 Å². The molecule has 2 aromatic carbocycles. The van der Waals surface area contributed by atoms with Crippen molar-refractivity contribution in [2.45, 2.75) is 57.6 Å². The van der Waals surface area contributed by atoms with Gasteiger partial charge in [0.15, 0.2) is 0 Å². The van der Waals surface area contributed by atoms with Crippen molar-refractivity contribution in [1.29, 1.82) is 0 Å². The van der Waals surface area contributed by atoms with Gasteiger partial charge in [0.25, 0.3) is 10.0 Å². The van der Waals surface area contributed by atoms with Crippen molar-refractivity contribution < 1.29 is 22.7 Å². The largest absolute Gasteiger partial charge is 0.476 e. The summed E-state index contributed by atoms with van der Waals surface area (Å²) in [4.78, 5) is 25.3. The number of methoxy groups -OCH3 is 1. The van der Waals surface area contributed by atoms with E-state index in [1.54, 1.807) is 29.2 Å². The molecule has 0 spiro atoms. The number of anilines is 1. The minimum atomic E-state index is -3.98. The Labute approximate surface area is 241 Å². The number of fused-ring (bicyclic) bond motifs is 4. The fourth-order valence-electron chi connectivity index (χ4n) is 5.62. The van der Waals surface area contributed by atoms with Crippen LogP contribution in [0, 0.1) is 19.8 Å². The van der Waals surface area contributed by atoms with E-state index in [-0.39, 0.29) is 29.0 Å². The monoisotopic (exact) mass is 579 g/mol. The molecular formula is C30H37N5O5S. The number of ether oxygens (including phenoxy) is 2. The number of nitrogens with zero attached hydrogens (tertiary/aromatic N) is 4. The van der Waals surface area contributed by atoms with E-state index in [0.29, 0.717) is 43.7 Å². The fourth-order valence-corrected chi connectivity index (χ4v) is 6.63. The second-order valence-electron chi connectivity index (χ2n) is 11.2.